The van der Waals surface area contributed by atoms with Crippen molar-refractivity contribution in [1.82, 2.24) is 10.6 Å². The summed E-state index contributed by atoms with van der Waals surface area (Å²) in [4.78, 5) is 4.85. The van der Waals surface area contributed by atoms with Crippen molar-refractivity contribution in [3.8, 4) is 0 Å². The molecular weight excluding hydrogens is 274 g/mol. The zero-order valence-electron chi connectivity index (χ0n) is 15.1. The van der Waals surface area contributed by atoms with Gasteiger partial charge in [0.2, 0.25) is 0 Å². The summed E-state index contributed by atoms with van der Waals surface area (Å²) < 4.78 is 0. The van der Waals surface area contributed by atoms with Gasteiger partial charge in [0, 0.05) is 25.7 Å². The van der Waals surface area contributed by atoms with E-state index >= 15 is 0 Å². The van der Waals surface area contributed by atoms with Gasteiger partial charge in [-0.1, -0.05) is 33.6 Å². The molecule has 0 amide bonds. The monoisotopic (exact) mass is 311 g/mol. The summed E-state index contributed by atoms with van der Waals surface area (Å²) in [5, 5.41) is 16.4. The maximum atomic E-state index is 9.34. The number of hydrogen-bond donors (Lipinski definition) is 3. The van der Waals surface area contributed by atoms with Crippen molar-refractivity contribution in [2.24, 2.45) is 16.3 Å². The van der Waals surface area contributed by atoms with E-state index in [0.717, 1.165) is 44.2 Å². The van der Waals surface area contributed by atoms with Crippen LogP contribution in [0.15, 0.2) is 4.99 Å². The molecule has 0 saturated heterocycles. The van der Waals surface area contributed by atoms with E-state index in [2.05, 4.69) is 38.3 Å². The lowest BCUT2D eigenvalue weighted by Gasteiger charge is -2.31. The third-order valence-electron chi connectivity index (χ3n) is 5.34. The van der Waals surface area contributed by atoms with Crippen LogP contribution in [0.25, 0.3) is 0 Å². The molecule has 1 aliphatic rings. The van der Waals surface area contributed by atoms with Gasteiger partial charge in [-0.05, 0) is 50.4 Å². The Hall–Kier alpha value is -0.770. The number of aliphatic hydroxyl groups excluding tert-OH is 1. The smallest absolute Gasteiger partial charge is 0.191 e. The zero-order chi connectivity index (χ0) is 16.4. The van der Waals surface area contributed by atoms with Gasteiger partial charge in [0.15, 0.2) is 5.96 Å². The van der Waals surface area contributed by atoms with Crippen LogP contribution in [0.5, 0.6) is 0 Å². The standard InChI is InChI=1S/C18H37N3O/c1-5-18(6-2,11-12-22)14-20-17(19-7-3)21-16-10-8-9-15(4)13-16/h15-16,22H,5-14H2,1-4H3,(H2,19,20,21). The molecule has 3 N–H and O–H groups in total. The number of nitrogens with zero attached hydrogens (tertiary/aromatic N) is 1. The van der Waals surface area contributed by atoms with Crippen LogP contribution in [-0.4, -0.2) is 36.8 Å². The van der Waals surface area contributed by atoms with Gasteiger partial charge in [-0.3, -0.25) is 4.99 Å². The maximum absolute atomic E-state index is 9.34. The van der Waals surface area contributed by atoms with Crippen molar-refractivity contribution in [3.05, 3.63) is 0 Å². The minimum Gasteiger partial charge on any atom is -0.396 e. The molecule has 22 heavy (non-hydrogen) atoms. The van der Waals surface area contributed by atoms with Crippen LogP contribution in [0.1, 0.15) is 72.6 Å². The largest absolute Gasteiger partial charge is 0.396 e. The Bertz CT molecular complexity index is 326. The van der Waals surface area contributed by atoms with E-state index in [0.29, 0.717) is 6.04 Å². The van der Waals surface area contributed by atoms with Gasteiger partial charge in [-0.2, -0.15) is 0 Å². The Morgan fingerprint density at radius 1 is 1.23 bits per heavy atom. The summed E-state index contributed by atoms with van der Waals surface area (Å²) in [7, 11) is 0. The van der Waals surface area contributed by atoms with Crippen molar-refractivity contribution in [3.63, 3.8) is 0 Å². The first kappa shape index (κ1) is 19.3. The fourth-order valence-corrected chi connectivity index (χ4v) is 3.47. The lowest BCUT2D eigenvalue weighted by molar-refractivity contribution is 0.175. The number of hydrogen-bond acceptors (Lipinski definition) is 2. The Morgan fingerprint density at radius 2 is 1.95 bits per heavy atom. The minimum absolute atomic E-state index is 0.136. The SMILES string of the molecule is CCNC(=NCC(CC)(CC)CCO)NC1CCCC(C)C1. The summed E-state index contributed by atoms with van der Waals surface area (Å²) in [6.07, 6.45) is 8.13. The molecule has 2 unspecified atom stereocenters. The van der Waals surface area contributed by atoms with Crippen molar-refractivity contribution in [2.75, 3.05) is 19.7 Å². The molecule has 130 valence electrons. The second-order valence-electron chi connectivity index (χ2n) is 6.99. The van der Waals surface area contributed by atoms with Crippen LogP contribution in [0.2, 0.25) is 0 Å². The fourth-order valence-electron chi connectivity index (χ4n) is 3.47. The molecule has 1 aliphatic carbocycles. The zero-order valence-corrected chi connectivity index (χ0v) is 15.1. The molecule has 4 heteroatoms. The van der Waals surface area contributed by atoms with E-state index in [-0.39, 0.29) is 12.0 Å². The highest BCUT2D eigenvalue weighted by molar-refractivity contribution is 5.80. The lowest BCUT2D eigenvalue weighted by Crippen LogP contribution is -2.45. The molecule has 1 rings (SSSR count). The molecule has 0 aromatic carbocycles. The van der Waals surface area contributed by atoms with E-state index in [1.165, 1.54) is 25.7 Å². The van der Waals surface area contributed by atoms with E-state index in [1.54, 1.807) is 0 Å². The molecule has 1 saturated carbocycles. The molecule has 0 spiro atoms. The Labute approximate surface area is 137 Å². The number of aliphatic hydroxyl groups is 1. The second kappa shape index (κ2) is 10.1. The normalized spacial score (nSPS) is 23.4. The third-order valence-corrected chi connectivity index (χ3v) is 5.34. The number of rotatable bonds is 8. The number of nitrogens with one attached hydrogen (secondary N) is 2. The topological polar surface area (TPSA) is 56.7 Å². The molecule has 0 radical (unpaired) electrons. The summed E-state index contributed by atoms with van der Waals surface area (Å²) >= 11 is 0. The highest BCUT2D eigenvalue weighted by Gasteiger charge is 2.26. The van der Waals surface area contributed by atoms with Gasteiger partial charge in [-0.25, -0.2) is 0 Å². The van der Waals surface area contributed by atoms with Crippen LogP contribution >= 0.6 is 0 Å². The van der Waals surface area contributed by atoms with Crippen LogP contribution in [0.4, 0.5) is 0 Å². The van der Waals surface area contributed by atoms with Crippen molar-refractivity contribution in [2.45, 2.75) is 78.7 Å². The Kier molecular flexibility index (Phi) is 8.84. The van der Waals surface area contributed by atoms with E-state index in [4.69, 9.17) is 4.99 Å². The van der Waals surface area contributed by atoms with E-state index in [9.17, 15) is 5.11 Å². The molecule has 1 fully saturated rings. The van der Waals surface area contributed by atoms with E-state index < -0.39 is 0 Å². The summed E-state index contributed by atoms with van der Waals surface area (Å²) in [5.74, 6) is 1.76. The molecular formula is C18H37N3O. The first-order chi connectivity index (χ1) is 10.6. The van der Waals surface area contributed by atoms with Crippen LogP contribution in [-0.2, 0) is 0 Å². The molecule has 0 aromatic rings. The highest BCUT2D eigenvalue weighted by atomic mass is 16.3. The van der Waals surface area contributed by atoms with Gasteiger partial charge in [0.25, 0.3) is 0 Å². The van der Waals surface area contributed by atoms with Crippen LogP contribution in [0, 0.1) is 11.3 Å². The second-order valence-corrected chi connectivity index (χ2v) is 6.99. The average Bonchev–Trinajstić information content (AvgIpc) is 2.51. The van der Waals surface area contributed by atoms with Crippen molar-refractivity contribution < 1.29 is 5.11 Å². The number of aliphatic imine (C=N–C) groups is 1. The lowest BCUT2D eigenvalue weighted by atomic mass is 9.79. The Balaban J connectivity index is 2.67. The molecule has 4 nitrogen and oxygen atoms in total. The van der Waals surface area contributed by atoms with Gasteiger partial charge in [0.1, 0.15) is 0 Å². The molecule has 2 atom stereocenters. The minimum atomic E-state index is 0.136. The summed E-state index contributed by atoms with van der Waals surface area (Å²) in [6.45, 7) is 10.8. The molecule has 0 bridgehead atoms. The van der Waals surface area contributed by atoms with Gasteiger partial charge >= 0.3 is 0 Å². The summed E-state index contributed by atoms with van der Waals surface area (Å²) in [6, 6.07) is 0.553. The van der Waals surface area contributed by atoms with Gasteiger partial charge in [0.05, 0.1) is 0 Å². The molecule has 0 aromatic heterocycles. The predicted octanol–water partition coefficient (Wildman–Crippen LogP) is 3.31. The van der Waals surface area contributed by atoms with Gasteiger partial charge in [-0.15, -0.1) is 0 Å². The van der Waals surface area contributed by atoms with Crippen LogP contribution in [0.3, 0.4) is 0 Å². The molecule has 0 heterocycles. The maximum Gasteiger partial charge on any atom is 0.191 e. The predicted molar refractivity (Wildman–Crippen MR) is 95.3 cm³/mol. The highest BCUT2D eigenvalue weighted by Crippen LogP contribution is 2.30. The van der Waals surface area contributed by atoms with Crippen molar-refractivity contribution >= 4 is 5.96 Å². The summed E-state index contributed by atoms with van der Waals surface area (Å²) in [5.41, 5.74) is 0.136. The average molecular weight is 312 g/mol. The molecule has 0 aliphatic heterocycles. The van der Waals surface area contributed by atoms with Gasteiger partial charge < -0.3 is 15.7 Å². The van der Waals surface area contributed by atoms with Crippen LogP contribution < -0.4 is 10.6 Å². The first-order valence-electron chi connectivity index (χ1n) is 9.24. The number of guanidine groups is 1. The quantitative estimate of drug-likeness (QED) is 0.476. The Morgan fingerprint density at radius 3 is 2.50 bits per heavy atom. The fraction of sp³-hybridized carbons (Fsp3) is 0.944. The van der Waals surface area contributed by atoms with Crippen molar-refractivity contribution in [1.29, 1.82) is 0 Å². The van der Waals surface area contributed by atoms with E-state index in [1.807, 2.05) is 0 Å². The third kappa shape index (κ3) is 6.15. The first-order valence-corrected chi connectivity index (χ1v) is 9.24.